The summed E-state index contributed by atoms with van der Waals surface area (Å²) in [5.74, 6) is 0. The Kier molecular flexibility index (Phi) is 2.26. The summed E-state index contributed by atoms with van der Waals surface area (Å²) in [7, 11) is 1.73. The van der Waals surface area contributed by atoms with Crippen LogP contribution >= 0.6 is 0 Å². The van der Waals surface area contributed by atoms with Crippen LogP contribution in [-0.2, 0) is 4.74 Å². The monoisotopic (exact) mass is 186 g/mol. The molecule has 0 radical (unpaired) electrons. The van der Waals surface area contributed by atoms with Crippen molar-refractivity contribution in [1.82, 2.24) is 0 Å². The van der Waals surface area contributed by atoms with Crippen LogP contribution in [0.1, 0.15) is 18.1 Å². The fourth-order valence-corrected chi connectivity index (χ4v) is 1.52. The molecule has 1 aromatic carbocycles. The van der Waals surface area contributed by atoms with Gasteiger partial charge in [0.1, 0.15) is 5.60 Å². The van der Waals surface area contributed by atoms with Crippen LogP contribution in [0.2, 0.25) is 0 Å². The zero-order valence-corrected chi connectivity index (χ0v) is 8.53. The Morgan fingerprint density at radius 3 is 1.93 bits per heavy atom. The van der Waals surface area contributed by atoms with E-state index in [1.807, 2.05) is 19.1 Å². The first-order valence-electron chi connectivity index (χ1n) is 4.76. The van der Waals surface area contributed by atoms with Gasteiger partial charge in [-0.15, -0.1) is 0 Å². The maximum Gasteiger partial charge on any atom is 0.102 e. The van der Waals surface area contributed by atoms with E-state index in [1.54, 1.807) is 7.11 Å². The van der Waals surface area contributed by atoms with Gasteiger partial charge in [0.2, 0.25) is 0 Å². The van der Waals surface area contributed by atoms with E-state index in [0.717, 1.165) is 0 Å². The van der Waals surface area contributed by atoms with E-state index < -0.39 is 0 Å². The summed E-state index contributed by atoms with van der Waals surface area (Å²) in [5.41, 5.74) is 2.20. The molecule has 0 atom stereocenters. The first-order chi connectivity index (χ1) is 6.73. The second-order valence-electron chi connectivity index (χ2n) is 3.68. The van der Waals surface area contributed by atoms with Gasteiger partial charge in [0.05, 0.1) is 0 Å². The minimum absolute atomic E-state index is 0.279. The smallest absolute Gasteiger partial charge is 0.102 e. The highest BCUT2D eigenvalue weighted by molar-refractivity contribution is 5.69. The summed E-state index contributed by atoms with van der Waals surface area (Å²) in [6.07, 6.45) is 8.38. The van der Waals surface area contributed by atoms with Gasteiger partial charge in [-0.1, -0.05) is 36.4 Å². The highest BCUT2D eigenvalue weighted by Crippen LogP contribution is 2.23. The Bertz CT molecular complexity index is 355. The van der Waals surface area contributed by atoms with Crippen molar-refractivity contribution in [3.63, 3.8) is 0 Å². The standard InChI is InChI=1S/C13H14O/c1-13(14-2)9-7-11-5-3-4-6-12(11)8-10-13/h3-10H,1-2H3. The molecule has 0 bridgehead atoms. The summed E-state index contributed by atoms with van der Waals surface area (Å²) in [6.45, 7) is 2.05. The maximum atomic E-state index is 5.42. The van der Waals surface area contributed by atoms with E-state index in [4.69, 9.17) is 4.74 Å². The molecule has 1 heteroatoms. The van der Waals surface area contributed by atoms with Gasteiger partial charge in [0.15, 0.2) is 0 Å². The topological polar surface area (TPSA) is 9.23 Å². The van der Waals surface area contributed by atoms with E-state index in [0.29, 0.717) is 0 Å². The van der Waals surface area contributed by atoms with Gasteiger partial charge in [-0.3, -0.25) is 0 Å². The number of rotatable bonds is 1. The molecule has 0 aromatic heterocycles. The SMILES string of the molecule is COC1(C)C=Cc2ccccc2C=C1. The van der Waals surface area contributed by atoms with Crippen molar-refractivity contribution in [2.24, 2.45) is 0 Å². The molecule has 0 heterocycles. The predicted octanol–water partition coefficient (Wildman–Crippen LogP) is 3.13. The number of fused-ring (bicyclic) bond motifs is 1. The molecule has 14 heavy (non-hydrogen) atoms. The molecule has 0 amide bonds. The highest BCUT2D eigenvalue weighted by Gasteiger charge is 2.17. The molecule has 1 aliphatic rings. The van der Waals surface area contributed by atoms with E-state index in [2.05, 4.69) is 36.4 Å². The Morgan fingerprint density at radius 2 is 1.50 bits per heavy atom. The van der Waals surface area contributed by atoms with Crippen LogP contribution in [0.3, 0.4) is 0 Å². The van der Waals surface area contributed by atoms with Gasteiger partial charge in [0, 0.05) is 7.11 Å². The first kappa shape index (κ1) is 9.22. The Balaban J connectivity index is 2.47. The zero-order valence-electron chi connectivity index (χ0n) is 8.53. The normalized spacial score (nSPS) is 17.6. The third kappa shape index (κ3) is 1.64. The molecule has 72 valence electrons. The predicted molar refractivity (Wildman–Crippen MR) is 59.9 cm³/mol. The van der Waals surface area contributed by atoms with Crippen molar-refractivity contribution < 1.29 is 4.74 Å². The van der Waals surface area contributed by atoms with E-state index >= 15 is 0 Å². The fourth-order valence-electron chi connectivity index (χ4n) is 1.52. The van der Waals surface area contributed by atoms with Gasteiger partial charge >= 0.3 is 0 Å². The van der Waals surface area contributed by atoms with Gasteiger partial charge in [0.25, 0.3) is 0 Å². The second kappa shape index (κ2) is 3.43. The lowest BCUT2D eigenvalue weighted by Crippen LogP contribution is -2.19. The van der Waals surface area contributed by atoms with Crippen LogP contribution in [0.15, 0.2) is 36.4 Å². The molecular weight excluding hydrogens is 172 g/mol. The lowest BCUT2D eigenvalue weighted by Gasteiger charge is -2.18. The summed E-state index contributed by atoms with van der Waals surface area (Å²) in [6, 6.07) is 8.31. The highest BCUT2D eigenvalue weighted by atomic mass is 16.5. The van der Waals surface area contributed by atoms with E-state index in [-0.39, 0.29) is 5.60 Å². The summed E-state index contributed by atoms with van der Waals surface area (Å²) in [5, 5.41) is 0. The number of ether oxygens (including phenoxy) is 1. The van der Waals surface area contributed by atoms with Gasteiger partial charge < -0.3 is 4.74 Å². The summed E-state index contributed by atoms with van der Waals surface area (Å²) >= 11 is 0. The van der Waals surface area contributed by atoms with Gasteiger partial charge in [-0.05, 0) is 30.2 Å². The van der Waals surface area contributed by atoms with Crippen molar-refractivity contribution in [2.75, 3.05) is 7.11 Å². The third-order valence-electron chi connectivity index (χ3n) is 2.62. The second-order valence-corrected chi connectivity index (χ2v) is 3.68. The molecule has 0 fully saturated rings. The lowest BCUT2D eigenvalue weighted by molar-refractivity contribution is 0.0922. The van der Waals surface area contributed by atoms with Crippen LogP contribution in [0.5, 0.6) is 0 Å². The van der Waals surface area contributed by atoms with Crippen LogP contribution in [-0.4, -0.2) is 12.7 Å². The molecule has 0 aliphatic heterocycles. The van der Waals surface area contributed by atoms with Crippen molar-refractivity contribution >= 4 is 12.2 Å². The summed E-state index contributed by atoms with van der Waals surface area (Å²) in [4.78, 5) is 0. The molecular formula is C13H14O. The average molecular weight is 186 g/mol. The Morgan fingerprint density at radius 1 is 1.00 bits per heavy atom. The minimum Gasteiger partial charge on any atom is -0.370 e. The van der Waals surface area contributed by atoms with Gasteiger partial charge in [-0.25, -0.2) is 0 Å². The maximum absolute atomic E-state index is 5.42. The third-order valence-corrected chi connectivity index (χ3v) is 2.62. The average Bonchev–Trinajstić information content (AvgIpc) is 2.40. The molecule has 0 N–H and O–H groups in total. The minimum atomic E-state index is -0.279. The summed E-state index contributed by atoms with van der Waals surface area (Å²) < 4.78 is 5.42. The molecule has 0 saturated heterocycles. The molecule has 0 saturated carbocycles. The van der Waals surface area contributed by atoms with Crippen molar-refractivity contribution in [3.05, 3.63) is 47.5 Å². The number of benzene rings is 1. The molecule has 1 aliphatic carbocycles. The quantitative estimate of drug-likeness (QED) is 0.654. The van der Waals surface area contributed by atoms with E-state index in [9.17, 15) is 0 Å². The van der Waals surface area contributed by atoms with Gasteiger partial charge in [-0.2, -0.15) is 0 Å². The van der Waals surface area contributed by atoms with Crippen LogP contribution in [0, 0.1) is 0 Å². The molecule has 0 unspecified atom stereocenters. The van der Waals surface area contributed by atoms with Crippen LogP contribution in [0.4, 0.5) is 0 Å². The van der Waals surface area contributed by atoms with Crippen molar-refractivity contribution in [2.45, 2.75) is 12.5 Å². The molecule has 2 rings (SSSR count). The Hall–Kier alpha value is -1.34. The number of hydrogen-bond acceptors (Lipinski definition) is 1. The molecule has 1 nitrogen and oxygen atoms in total. The number of methoxy groups -OCH3 is 1. The van der Waals surface area contributed by atoms with Crippen molar-refractivity contribution in [1.29, 1.82) is 0 Å². The van der Waals surface area contributed by atoms with E-state index in [1.165, 1.54) is 11.1 Å². The molecule has 1 aromatic rings. The van der Waals surface area contributed by atoms with Crippen LogP contribution in [0.25, 0.3) is 12.2 Å². The molecule has 0 spiro atoms. The van der Waals surface area contributed by atoms with Crippen molar-refractivity contribution in [3.8, 4) is 0 Å². The first-order valence-corrected chi connectivity index (χ1v) is 4.76. The Labute approximate surface area is 84.7 Å². The lowest BCUT2D eigenvalue weighted by atomic mass is 10.1. The largest absolute Gasteiger partial charge is 0.370 e. The fraction of sp³-hybridized carbons (Fsp3) is 0.231. The number of hydrogen-bond donors (Lipinski definition) is 0. The zero-order chi connectivity index (χ0) is 10.0. The van der Waals surface area contributed by atoms with Crippen LogP contribution < -0.4 is 0 Å².